The van der Waals surface area contributed by atoms with Gasteiger partial charge in [0.15, 0.2) is 0 Å². The molecule has 1 aliphatic rings. The SMILES string of the molecule is CSC(C)CN1C(=O)CNC1C(C)C. The first-order valence-corrected chi connectivity index (χ1v) is 6.40. The molecule has 0 aromatic heterocycles. The van der Waals surface area contributed by atoms with Gasteiger partial charge < -0.3 is 4.90 Å². The molecule has 1 N–H and O–H groups in total. The molecule has 0 aromatic rings. The van der Waals surface area contributed by atoms with Crippen LogP contribution in [0.15, 0.2) is 0 Å². The molecule has 82 valence electrons. The highest BCUT2D eigenvalue weighted by Gasteiger charge is 2.32. The number of amides is 1. The van der Waals surface area contributed by atoms with Crippen molar-refractivity contribution in [2.45, 2.75) is 32.2 Å². The van der Waals surface area contributed by atoms with Gasteiger partial charge in [0.05, 0.1) is 12.7 Å². The van der Waals surface area contributed by atoms with Gasteiger partial charge in [0.1, 0.15) is 0 Å². The van der Waals surface area contributed by atoms with E-state index in [1.807, 2.05) is 4.90 Å². The molecular weight excluding hydrogens is 196 g/mol. The molecule has 0 bridgehead atoms. The lowest BCUT2D eigenvalue weighted by Crippen LogP contribution is -2.43. The van der Waals surface area contributed by atoms with Crippen molar-refractivity contribution in [3.63, 3.8) is 0 Å². The van der Waals surface area contributed by atoms with Crippen molar-refractivity contribution in [1.29, 1.82) is 0 Å². The summed E-state index contributed by atoms with van der Waals surface area (Å²) < 4.78 is 0. The smallest absolute Gasteiger partial charge is 0.237 e. The van der Waals surface area contributed by atoms with Crippen molar-refractivity contribution in [3.05, 3.63) is 0 Å². The summed E-state index contributed by atoms with van der Waals surface area (Å²) in [6.07, 6.45) is 2.32. The van der Waals surface area contributed by atoms with Crippen molar-refractivity contribution in [1.82, 2.24) is 10.2 Å². The molecule has 2 unspecified atom stereocenters. The van der Waals surface area contributed by atoms with Crippen LogP contribution in [-0.4, -0.2) is 41.6 Å². The number of thioether (sulfide) groups is 1. The molecule has 1 fully saturated rings. The van der Waals surface area contributed by atoms with Crippen LogP contribution in [0.25, 0.3) is 0 Å². The fourth-order valence-corrected chi connectivity index (χ4v) is 2.03. The average Bonchev–Trinajstić information content (AvgIpc) is 2.48. The van der Waals surface area contributed by atoms with Gasteiger partial charge in [0, 0.05) is 11.8 Å². The summed E-state index contributed by atoms with van der Waals surface area (Å²) in [5.41, 5.74) is 0. The molecule has 1 amide bonds. The summed E-state index contributed by atoms with van der Waals surface area (Å²) in [6.45, 7) is 7.81. The van der Waals surface area contributed by atoms with Gasteiger partial charge in [-0.1, -0.05) is 20.8 Å². The Morgan fingerprint density at radius 3 is 2.71 bits per heavy atom. The highest BCUT2D eigenvalue weighted by atomic mass is 32.2. The minimum Gasteiger partial charge on any atom is -0.325 e. The van der Waals surface area contributed by atoms with Gasteiger partial charge >= 0.3 is 0 Å². The molecule has 1 saturated heterocycles. The molecule has 0 spiro atoms. The van der Waals surface area contributed by atoms with Crippen LogP contribution < -0.4 is 5.32 Å². The third-order valence-corrected chi connectivity index (χ3v) is 3.56. The van der Waals surface area contributed by atoms with Crippen molar-refractivity contribution < 1.29 is 4.79 Å². The van der Waals surface area contributed by atoms with E-state index in [1.54, 1.807) is 11.8 Å². The molecular formula is C10H20N2OS. The Hall–Kier alpha value is -0.220. The molecule has 1 aliphatic heterocycles. The summed E-state index contributed by atoms with van der Waals surface area (Å²) in [4.78, 5) is 13.6. The molecule has 0 aromatic carbocycles. The van der Waals surface area contributed by atoms with Crippen LogP contribution in [-0.2, 0) is 4.79 Å². The fraction of sp³-hybridized carbons (Fsp3) is 0.900. The van der Waals surface area contributed by atoms with Crippen LogP contribution in [0.4, 0.5) is 0 Å². The van der Waals surface area contributed by atoms with Gasteiger partial charge in [0.25, 0.3) is 0 Å². The Labute approximate surface area is 90.6 Å². The third kappa shape index (κ3) is 2.64. The van der Waals surface area contributed by atoms with Crippen LogP contribution in [0.5, 0.6) is 0 Å². The first-order valence-electron chi connectivity index (χ1n) is 5.12. The summed E-state index contributed by atoms with van der Waals surface area (Å²) >= 11 is 1.81. The monoisotopic (exact) mass is 216 g/mol. The van der Waals surface area contributed by atoms with E-state index in [1.165, 1.54) is 0 Å². The van der Waals surface area contributed by atoms with Crippen molar-refractivity contribution in [2.24, 2.45) is 5.92 Å². The van der Waals surface area contributed by atoms with Gasteiger partial charge in [-0.05, 0) is 12.2 Å². The second-order valence-corrected chi connectivity index (χ2v) is 5.44. The highest BCUT2D eigenvalue weighted by molar-refractivity contribution is 7.99. The van der Waals surface area contributed by atoms with E-state index in [9.17, 15) is 4.79 Å². The molecule has 3 nitrogen and oxygen atoms in total. The molecule has 1 rings (SSSR count). The second-order valence-electron chi connectivity index (χ2n) is 4.16. The Morgan fingerprint density at radius 1 is 1.57 bits per heavy atom. The predicted molar refractivity (Wildman–Crippen MR) is 61.3 cm³/mol. The fourth-order valence-electron chi connectivity index (χ4n) is 1.72. The van der Waals surface area contributed by atoms with Gasteiger partial charge in [-0.15, -0.1) is 0 Å². The van der Waals surface area contributed by atoms with E-state index in [0.717, 1.165) is 6.54 Å². The number of nitrogens with one attached hydrogen (secondary N) is 1. The Balaban J connectivity index is 2.58. The Kier molecular flexibility index (Phi) is 4.26. The number of carbonyl (C=O) groups is 1. The summed E-state index contributed by atoms with van der Waals surface area (Å²) in [7, 11) is 0. The maximum Gasteiger partial charge on any atom is 0.237 e. The molecule has 4 heteroatoms. The first-order chi connectivity index (χ1) is 6.56. The molecule has 0 aliphatic carbocycles. The first kappa shape index (κ1) is 11.9. The molecule has 0 saturated carbocycles. The van der Waals surface area contributed by atoms with E-state index in [0.29, 0.717) is 17.7 Å². The normalized spacial score (nSPS) is 24.8. The number of nitrogens with zero attached hydrogens (tertiary/aromatic N) is 1. The zero-order chi connectivity index (χ0) is 10.7. The lowest BCUT2D eigenvalue weighted by Gasteiger charge is -2.29. The predicted octanol–water partition coefficient (Wildman–Crippen LogP) is 1.15. The van der Waals surface area contributed by atoms with Gasteiger partial charge in [0.2, 0.25) is 5.91 Å². The molecule has 1 heterocycles. The lowest BCUT2D eigenvalue weighted by atomic mass is 10.1. The second kappa shape index (κ2) is 5.03. The van der Waals surface area contributed by atoms with Crippen molar-refractivity contribution >= 4 is 17.7 Å². The van der Waals surface area contributed by atoms with E-state index in [-0.39, 0.29) is 12.1 Å². The zero-order valence-corrected chi connectivity index (χ0v) is 10.2. The average molecular weight is 216 g/mol. The van der Waals surface area contributed by atoms with Crippen LogP contribution in [0.3, 0.4) is 0 Å². The standard InChI is InChI=1S/C10H20N2OS/c1-7(2)10-11-5-9(13)12(10)6-8(3)14-4/h7-8,10-11H,5-6H2,1-4H3. The molecule has 14 heavy (non-hydrogen) atoms. The zero-order valence-electron chi connectivity index (χ0n) is 9.41. The van der Waals surface area contributed by atoms with Crippen LogP contribution in [0.2, 0.25) is 0 Å². The van der Waals surface area contributed by atoms with E-state index in [2.05, 4.69) is 32.3 Å². The van der Waals surface area contributed by atoms with Gasteiger partial charge in [-0.2, -0.15) is 11.8 Å². The highest BCUT2D eigenvalue weighted by Crippen LogP contribution is 2.17. The van der Waals surface area contributed by atoms with Crippen LogP contribution >= 0.6 is 11.8 Å². The maximum absolute atomic E-state index is 11.6. The number of hydrogen-bond donors (Lipinski definition) is 1. The van der Waals surface area contributed by atoms with E-state index in [4.69, 9.17) is 0 Å². The number of hydrogen-bond acceptors (Lipinski definition) is 3. The van der Waals surface area contributed by atoms with E-state index >= 15 is 0 Å². The number of carbonyl (C=O) groups excluding carboxylic acids is 1. The Bertz CT molecular complexity index is 208. The maximum atomic E-state index is 11.6. The minimum absolute atomic E-state index is 0.233. The minimum atomic E-state index is 0.233. The van der Waals surface area contributed by atoms with Gasteiger partial charge in [-0.25, -0.2) is 0 Å². The quantitative estimate of drug-likeness (QED) is 0.765. The topological polar surface area (TPSA) is 32.3 Å². The summed E-state index contributed by atoms with van der Waals surface area (Å²) in [5, 5.41) is 3.77. The number of rotatable bonds is 4. The van der Waals surface area contributed by atoms with Gasteiger partial charge in [-0.3, -0.25) is 10.1 Å². The largest absolute Gasteiger partial charge is 0.325 e. The van der Waals surface area contributed by atoms with Crippen molar-refractivity contribution in [3.8, 4) is 0 Å². The summed E-state index contributed by atoms with van der Waals surface area (Å²) in [5.74, 6) is 0.722. The lowest BCUT2D eigenvalue weighted by molar-refractivity contribution is -0.128. The third-order valence-electron chi connectivity index (χ3n) is 2.61. The van der Waals surface area contributed by atoms with Crippen LogP contribution in [0, 0.1) is 5.92 Å². The van der Waals surface area contributed by atoms with E-state index < -0.39 is 0 Å². The Morgan fingerprint density at radius 2 is 2.21 bits per heavy atom. The summed E-state index contributed by atoms with van der Waals surface area (Å²) in [6, 6.07) is 0. The molecule has 0 radical (unpaired) electrons. The molecule has 2 atom stereocenters. The van der Waals surface area contributed by atoms with Crippen LogP contribution in [0.1, 0.15) is 20.8 Å². The van der Waals surface area contributed by atoms with Crippen molar-refractivity contribution in [2.75, 3.05) is 19.3 Å².